The van der Waals surface area contributed by atoms with E-state index in [4.69, 9.17) is 10.2 Å². The van der Waals surface area contributed by atoms with Crippen molar-refractivity contribution in [2.45, 2.75) is 45.1 Å². The van der Waals surface area contributed by atoms with Crippen molar-refractivity contribution in [1.82, 2.24) is 9.71 Å². The largest absolute Gasteiger partial charge is 0.477 e. The molecule has 0 spiro atoms. The van der Waals surface area contributed by atoms with Gasteiger partial charge >= 0.3 is 5.97 Å². The number of H-pyrrole nitrogens is 1. The number of sulfonamides is 1. The van der Waals surface area contributed by atoms with Crippen molar-refractivity contribution < 1.29 is 23.4 Å². The Morgan fingerprint density at radius 2 is 1.90 bits per heavy atom. The van der Waals surface area contributed by atoms with Gasteiger partial charge in [0.25, 0.3) is 0 Å². The lowest BCUT2D eigenvalue weighted by Crippen LogP contribution is -2.39. The van der Waals surface area contributed by atoms with Crippen LogP contribution in [-0.4, -0.2) is 42.2 Å². The van der Waals surface area contributed by atoms with Gasteiger partial charge in [0, 0.05) is 23.9 Å². The third-order valence-corrected chi connectivity index (χ3v) is 5.17. The first-order valence-electron chi connectivity index (χ1n) is 6.67. The first-order chi connectivity index (χ1) is 9.61. The molecule has 0 aliphatic rings. The van der Waals surface area contributed by atoms with Gasteiger partial charge in [0.15, 0.2) is 0 Å². The summed E-state index contributed by atoms with van der Waals surface area (Å²) in [5.41, 5.74) is 0.332. The molecule has 4 N–H and O–H groups in total. The Balaban J connectivity index is 3.22. The van der Waals surface area contributed by atoms with E-state index in [1.54, 1.807) is 0 Å². The fraction of sp³-hybridized carbons (Fsp3) is 0.615. The van der Waals surface area contributed by atoms with Crippen molar-refractivity contribution in [3.63, 3.8) is 0 Å². The Kier molecular flexibility index (Phi) is 5.54. The lowest BCUT2D eigenvalue weighted by Gasteiger charge is -2.21. The van der Waals surface area contributed by atoms with Crippen LogP contribution in [0.2, 0.25) is 0 Å². The molecule has 0 amide bonds. The van der Waals surface area contributed by atoms with Crippen LogP contribution in [0.1, 0.15) is 42.0 Å². The Morgan fingerprint density at radius 3 is 2.29 bits per heavy atom. The number of aliphatic hydroxyl groups excluding tert-OH is 1. The van der Waals surface area contributed by atoms with E-state index in [0.29, 0.717) is 6.42 Å². The Morgan fingerprint density at radius 1 is 1.33 bits per heavy atom. The summed E-state index contributed by atoms with van der Waals surface area (Å²) in [6.07, 6.45) is 0.297. The molecular weight excluding hydrogens is 296 g/mol. The zero-order chi connectivity index (χ0) is 16.4. The van der Waals surface area contributed by atoms with Gasteiger partial charge in [-0.05, 0) is 26.2 Å². The van der Waals surface area contributed by atoms with Crippen molar-refractivity contribution in [3.05, 3.63) is 17.0 Å². The fourth-order valence-electron chi connectivity index (χ4n) is 2.28. The number of nitrogens with one attached hydrogen (secondary N) is 2. The van der Waals surface area contributed by atoms with Gasteiger partial charge in [-0.3, -0.25) is 0 Å². The molecule has 7 nitrogen and oxygen atoms in total. The quantitative estimate of drug-likeness (QED) is 0.598. The van der Waals surface area contributed by atoms with E-state index in [0.717, 1.165) is 0 Å². The molecule has 0 fully saturated rings. The van der Waals surface area contributed by atoms with Crippen molar-refractivity contribution in [3.8, 4) is 0 Å². The van der Waals surface area contributed by atoms with E-state index >= 15 is 0 Å². The van der Waals surface area contributed by atoms with Crippen molar-refractivity contribution in [2.24, 2.45) is 5.92 Å². The highest BCUT2D eigenvalue weighted by Gasteiger charge is 2.29. The lowest BCUT2D eigenvalue weighted by atomic mass is 10.0. The Labute approximate surface area is 124 Å². The number of aromatic nitrogens is 1. The van der Waals surface area contributed by atoms with Gasteiger partial charge in [-0.25, -0.2) is 17.9 Å². The number of aromatic amines is 1. The van der Waals surface area contributed by atoms with Crippen molar-refractivity contribution in [2.75, 3.05) is 6.61 Å². The number of carboxylic acid groups (broad SMARTS) is 1. The van der Waals surface area contributed by atoms with Crippen LogP contribution < -0.4 is 4.72 Å². The molecule has 1 heterocycles. The van der Waals surface area contributed by atoms with Crippen LogP contribution in [0.3, 0.4) is 0 Å². The third-order valence-electron chi connectivity index (χ3n) is 3.40. The average molecular weight is 318 g/mol. The zero-order valence-corrected chi connectivity index (χ0v) is 13.4. The number of rotatable bonds is 7. The summed E-state index contributed by atoms with van der Waals surface area (Å²) in [6.45, 7) is 6.55. The van der Waals surface area contributed by atoms with Gasteiger partial charge in [0.2, 0.25) is 10.0 Å². The van der Waals surface area contributed by atoms with Gasteiger partial charge in [-0.1, -0.05) is 13.8 Å². The molecule has 0 aliphatic carbocycles. The molecule has 1 atom stereocenters. The third kappa shape index (κ3) is 3.84. The van der Waals surface area contributed by atoms with Crippen LogP contribution in [0.15, 0.2) is 4.90 Å². The van der Waals surface area contributed by atoms with Crippen LogP contribution in [0.5, 0.6) is 0 Å². The van der Waals surface area contributed by atoms with E-state index in [9.17, 15) is 13.2 Å². The van der Waals surface area contributed by atoms with Crippen LogP contribution >= 0.6 is 0 Å². The number of aliphatic hydroxyl groups is 1. The molecule has 0 radical (unpaired) electrons. The van der Waals surface area contributed by atoms with Gasteiger partial charge in [-0.2, -0.15) is 0 Å². The number of aromatic carboxylic acids is 1. The first-order valence-corrected chi connectivity index (χ1v) is 8.15. The second-order valence-corrected chi connectivity index (χ2v) is 7.02. The van der Waals surface area contributed by atoms with Gasteiger partial charge in [0.1, 0.15) is 10.6 Å². The monoisotopic (exact) mass is 318 g/mol. The molecule has 8 heteroatoms. The van der Waals surface area contributed by atoms with Gasteiger partial charge in [0.05, 0.1) is 0 Å². The molecule has 0 bridgehead atoms. The minimum atomic E-state index is -3.86. The second-order valence-electron chi connectivity index (χ2n) is 5.37. The summed E-state index contributed by atoms with van der Waals surface area (Å²) >= 11 is 0. The zero-order valence-electron chi connectivity index (χ0n) is 12.6. The summed E-state index contributed by atoms with van der Waals surface area (Å²) in [6, 6.07) is -0.415. The average Bonchev–Trinajstić information content (AvgIpc) is 2.64. The van der Waals surface area contributed by atoms with E-state index in [1.807, 2.05) is 13.8 Å². The first kappa shape index (κ1) is 17.7. The number of hydrogen-bond donors (Lipinski definition) is 4. The van der Waals surface area contributed by atoms with Crippen molar-refractivity contribution in [1.29, 1.82) is 0 Å². The molecule has 1 aromatic rings. The van der Waals surface area contributed by atoms with Crippen LogP contribution in [-0.2, 0) is 10.0 Å². The minimum absolute atomic E-state index is 0.00502. The van der Waals surface area contributed by atoms with Gasteiger partial charge in [-0.15, -0.1) is 0 Å². The standard InChI is InChI=1S/C13H22N2O5S/c1-7(2)10(5-6-16)15-21(19,20)12-8(3)11(13(17)18)14-9(12)4/h7,10,14-16H,5-6H2,1-4H3,(H,17,18). The molecule has 0 saturated heterocycles. The summed E-state index contributed by atoms with van der Waals surface area (Å²) in [5.74, 6) is -1.20. The maximum atomic E-state index is 12.5. The highest BCUT2D eigenvalue weighted by molar-refractivity contribution is 7.89. The maximum absolute atomic E-state index is 12.5. The van der Waals surface area contributed by atoms with E-state index in [2.05, 4.69) is 9.71 Å². The smallest absolute Gasteiger partial charge is 0.352 e. The maximum Gasteiger partial charge on any atom is 0.352 e. The predicted octanol–water partition coefficient (Wildman–Crippen LogP) is 1.02. The topological polar surface area (TPSA) is 119 Å². The normalized spacial score (nSPS) is 13.6. The molecule has 0 aromatic carbocycles. The molecule has 120 valence electrons. The second kappa shape index (κ2) is 6.59. The van der Waals surface area contributed by atoms with E-state index in [-0.39, 0.29) is 34.4 Å². The van der Waals surface area contributed by atoms with Crippen LogP contribution in [0, 0.1) is 19.8 Å². The highest BCUT2D eigenvalue weighted by Crippen LogP contribution is 2.24. The van der Waals surface area contributed by atoms with Gasteiger partial charge < -0.3 is 15.2 Å². The lowest BCUT2D eigenvalue weighted by molar-refractivity contribution is 0.0690. The molecule has 0 aliphatic heterocycles. The van der Waals surface area contributed by atoms with E-state index < -0.39 is 22.0 Å². The van der Waals surface area contributed by atoms with Crippen LogP contribution in [0.25, 0.3) is 0 Å². The van der Waals surface area contributed by atoms with Crippen LogP contribution in [0.4, 0.5) is 0 Å². The molecule has 1 unspecified atom stereocenters. The van der Waals surface area contributed by atoms with E-state index in [1.165, 1.54) is 13.8 Å². The predicted molar refractivity (Wildman–Crippen MR) is 77.9 cm³/mol. The molecule has 21 heavy (non-hydrogen) atoms. The Bertz CT molecular complexity index is 619. The van der Waals surface area contributed by atoms with Crippen molar-refractivity contribution >= 4 is 16.0 Å². The SMILES string of the molecule is Cc1[nH]c(C(=O)O)c(C)c1S(=O)(=O)NC(CCO)C(C)C. The molecule has 1 aromatic heterocycles. The molecule has 0 saturated carbocycles. The number of carboxylic acids is 1. The summed E-state index contributed by atoms with van der Waals surface area (Å²) in [7, 11) is -3.86. The summed E-state index contributed by atoms with van der Waals surface area (Å²) < 4.78 is 27.5. The number of carbonyl (C=O) groups is 1. The summed E-state index contributed by atoms with van der Waals surface area (Å²) in [4.78, 5) is 13.6. The number of hydrogen-bond acceptors (Lipinski definition) is 4. The summed E-state index contributed by atoms with van der Waals surface area (Å²) in [5, 5.41) is 18.1. The minimum Gasteiger partial charge on any atom is -0.477 e. The Hall–Kier alpha value is -1.38. The highest BCUT2D eigenvalue weighted by atomic mass is 32.2. The fourth-order valence-corrected chi connectivity index (χ4v) is 4.14. The molecule has 1 rings (SSSR count). The molecular formula is C13H22N2O5S. The number of aryl methyl sites for hydroxylation is 1.